The van der Waals surface area contributed by atoms with E-state index in [2.05, 4.69) is 30.9 Å². The predicted octanol–water partition coefficient (Wildman–Crippen LogP) is 2.45. The SMILES string of the molecule is CC(c1ccc(C(=O)O)o1)N(C)CC1(N(C)C)CCC1. The fourth-order valence-corrected chi connectivity index (χ4v) is 2.84. The Kier molecular flexibility index (Phi) is 4.20. The van der Waals surface area contributed by atoms with Gasteiger partial charge < -0.3 is 14.4 Å². The first-order valence-electron chi connectivity index (χ1n) is 7.06. The summed E-state index contributed by atoms with van der Waals surface area (Å²) in [6, 6.07) is 3.35. The summed E-state index contributed by atoms with van der Waals surface area (Å²) in [5, 5.41) is 8.91. The molecule has 0 aliphatic heterocycles. The lowest BCUT2D eigenvalue weighted by atomic mass is 9.75. The van der Waals surface area contributed by atoms with Crippen LogP contribution in [-0.2, 0) is 0 Å². The number of carboxylic acid groups (broad SMARTS) is 1. The molecule has 0 bridgehead atoms. The molecule has 1 aliphatic rings. The van der Waals surface area contributed by atoms with Crippen LogP contribution in [0.3, 0.4) is 0 Å². The van der Waals surface area contributed by atoms with Crippen LogP contribution >= 0.6 is 0 Å². The fourth-order valence-electron chi connectivity index (χ4n) is 2.84. The van der Waals surface area contributed by atoms with Gasteiger partial charge in [0.25, 0.3) is 0 Å². The fraction of sp³-hybridized carbons (Fsp3) is 0.667. The minimum atomic E-state index is -1.02. The molecule has 1 N–H and O–H groups in total. The second kappa shape index (κ2) is 5.58. The second-order valence-corrected chi connectivity index (χ2v) is 6.07. The topological polar surface area (TPSA) is 56.9 Å². The molecule has 0 radical (unpaired) electrons. The Morgan fingerprint density at radius 3 is 2.45 bits per heavy atom. The third kappa shape index (κ3) is 2.74. The average molecular weight is 280 g/mol. The molecule has 1 aromatic rings. The van der Waals surface area contributed by atoms with E-state index in [1.165, 1.54) is 25.3 Å². The quantitative estimate of drug-likeness (QED) is 0.867. The smallest absolute Gasteiger partial charge is 0.371 e. The molecule has 112 valence electrons. The Hall–Kier alpha value is -1.33. The van der Waals surface area contributed by atoms with E-state index < -0.39 is 5.97 Å². The van der Waals surface area contributed by atoms with Crippen molar-refractivity contribution in [2.24, 2.45) is 0 Å². The first-order chi connectivity index (χ1) is 9.35. The van der Waals surface area contributed by atoms with Gasteiger partial charge in [0.1, 0.15) is 5.76 Å². The molecule has 1 aliphatic carbocycles. The van der Waals surface area contributed by atoms with Crippen LogP contribution < -0.4 is 0 Å². The number of likely N-dealkylation sites (N-methyl/N-ethyl adjacent to an activating group) is 2. The molecule has 1 saturated carbocycles. The van der Waals surface area contributed by atoms with E-state index in [0.717, 1.165) is 6.54 Å². The minimum absolute atomic E-state index is 0.00576. The number of carbonyl (C=O) groups is 1. The summed E-state index contributed by atoms with van der Waals surface area (Å²) in [5.41, 5.74) is 0.255. The standard InChI is InChI=1S/C15H24N2O3/c1-11(12-6-7-13(20-12)14(18)19)17(4)10-15(16(2)3)8-5-9-15/h6-7,11H,5,8-10H2,1-4H3,(H,18,19). The highest BCUT2D eigenvalue weighted by Crippen LogP contribution is 2.38. The molecule has 1 atom stereocenters. The number of furan rings is 1. The maximum atomic E-state index is 10.9. The third-order valence-electron chi connectivity index (χ3n) is 4.69. The van der Waals surface area contributed by atoms with Crippen molar-refractivity contribution >= 4 is 5.97 Å². The van der Waals surface area contributed by atoms with Gasteiger partial charge in [0.2, 0.25) is 5.76 Å². The van der Waals surface area contributed by atoms with Crippen LogP contribution in [0.1, 0.15) is 48.5 Å². The van der Waals surface area contributed by atoms with Gasteiger partial charge in [0, 0.05) is 12.1 Å². The van der Waals surface area contributed by atoms with Crippen LogP contribution in [0.25, 0.3) is 0 Å². The van der Waals surface area contributed by atoms with Crippen molar-refractivity contribution in [2.45, 2.75) is 37.8 Å². The predicted molar refractivity (Wildman–Crippen MR) is 77.0 cm³/mol. The second-order valence-electron chi connectivity index (χ2n) is 6.07. The third-order valence-corrected chi connectivity index (χ3v) is 4.69. The Balaban J connectivity index is 2.04. The molecule has 0 saturated heterocycles. The molecular formula is C15H24N2O3. The molecule has 20 heavy (non-hydrogen) atoms. The van der Waals surface area contributed by atoms with Crippen LogP contribution in [0.2, 0.25) is 0 Å². The summed E-state index contributed by atoms with van der Waals surface area (Å²) in [6.45, 7) is 3.01. The summed E-state index contributed by atoms with van der Waals surface area (Å²) in [4.78, 5) is 15.4. The van der Waals surface area contributed by atoms with Crippen molar-refractivity contribution in [2.75, 3.05) is 27.7 Å². The number of hydrogen-bond acceptors (Lipinski definition) is 4. The lowest BCUT2D eigenvalue weighted by molar-refractivity contribution is 0.0152. The number of hydrogen-bond donors (Lipinski definition) is 1. The van der Waals surface area contributed by atoms with Crippen molar-refractivity contribution < 1.29 is 14.3 Å². The molecule has 1 unspecified atom stereocenters. The van der Waals surface area contributed by atoms with E-state index in [0.29, 0.717) is 5.76 Å². The summed E-state index contributed by atoms with van der Waals surface area (Å²) >= 11 is 0. The molecule has 5 nitrogen and oxygen atoms in total. The number of aromatic carboxylic acids is 1. The zero-order chi connectivity index (χ0) is 14.9. The van der Waals surface area contributed by atoms with Gasteiger partial charge in [-0.3, -0.25) is 4.90 Å². The van der Waals surface area contributed by atoms with Crippen molar-refractivity contribution in [3.8, 4) is 0 Å². The number of rotatable bonds is 6. The molecule has 0 spiro atoms. The highest BCUT2D eigenvalue weighted by atomic mass is 16.4. The first-order valence-corrected chi connectivity index (χ1v) is 7.06. The van der Waals surface area contributed by atoms with E-state index in [4.69, 9.17) is 9.52 Å². The monoisotopic (exact) mass is 280 g/mol. The van der Waals surface area contributed by atoms with Gasteiger partial charge in [-0.1, -0.05) is 0 Å². The van der Waals surface area contributed by atoms with Crippen LogP contribution in [0.15, 0.2) is 16.5 Å². The van der Waals surface area contributed by atoms with E-state index >= 15 is 0 Å². The Labute approximate surface area is 120 Å². The molecule has 1 heterocycles. The van der Waals surface area contributed by atoms with Gasteiger partial charge >= 0.3 is 5.97 Å². The molecule has 0 aromatic carbocycles. The van der Waals surface area contributed by atoms with Crippen LogP contribution in [0.5, 0.6) is 0 Å². The van der Waals surface area contributed by atoms with Crippen LogP contribution in [0, 0.1) is 0 Å². The highest BCUT2D eigenvalue weighted by molar-refractivity contribution is 5.84. The number of nitrogens with zero attached hydrogens (tertiary/aromatic N) is 2. The van der Waals surface area contributed by atoms with E-state index in [9.17, 15) is 4.79 Å². The van der Waals surface area contributed by atoms with Gasteiger partial charge in [-0.25, -0.2) is 4.79 Å². The summed E-state index contributed by atoms with van der Waals surface area (Å²) in [5.74, 6) is -0.306. The minimum Gasteiger partial charge on any atom is -0.475 e. The van der Waals surface area contributed by atoms with Crippen molar-refractivity contribution in [3.05, 3.63) is 23.7 Å². The Morgan fingerprint density at radius 1 is 1.40 bits per heavy atom. The zero-order valence-electron chi connectivity index (χ0n) is 12.7. The Bertz CT molecular complexity index is 477. The van der Waals surface area contributed by atoms with E-state index in [1.807, 2.05) is 6.92 Å². The maximum Gasteiger partial charge on any atom is 0.371 e. The molecular weight excluding hydrogens is 256 g/mol. The summed E-state index contributed by atoms with van der Waals surface area (Å²) in [6.07, 6.45) is 3.72. The molecule has 1 aromatic heterocycles. The van der Waals surface area contributed by atoms with Crippen LogP contribution in [-0.4, -0.2) is 54.1 Å². The largest absolute Gasteiger partial charge is 0.475 e. The van der Waals surface area contributed by atoms with Crippen molar-refractivity contribution in [1.29, 1.82) is 0 Å². The van der Waals surface area contributed by atoms with Gasteiger partial charge in [-0.15, -0.1) is 0 Å². The molecule has 2 rings (SSSR count). The lowest BCUT2D eigenvalue weighted by Gasteiger charge is -2.50. The average Bonchev–Trinajstić information content (AvgIpc) is 2.81. The van der Waals surface area contributed by atoms with E-state index in [-0.39, 0.29) is 17.3 Å². The Morgan fingerprint density at radius 2 is 2.05 bits per heavy atom. The van der Waals surface area contributed by atoms with Gasteiger partial charge in [-0.05, 0) is 59.5 Å². The first kappa shape index (κ1) is 15.1. The summed E-state index contributed by atoms with van der Waals surface area (Å²) in [7, 11) is 6.33. The van der Waals surface area contributed by atoms with Gasteiger partial charge in [0.15, 0.2) is 0 Å². The van der Waals surface area contributed by atoms with Crippen molar-refractivity contribution in [3.63, 3.8) is 0 Å². The van der Waals surface area contributed by atoms with Crippen LogP contribution in [0.4, 0.5) is 0 Å². The summed E-state index contributed by atoms with van der Waals surface area (Å²) < 4.78 is 5.40. The normalized spacial score (nSPS) is 19.1. The zero-order valence-corrected chi connectivity index (χ0v) is 12.7. The molecule has 1 fully saturated rings. The van der Waals surface area contributed by atoms with E-state index in [1.54, 1.807) is 6.07 Å². The molecule has 5 heteroatoms. The van der Waals surface area contributed by atoms with Gasteiger partial charge in [0.05, 0.1) is 6.04 Å². The van der Waals surface area contributed by atoms with Crippen molar-refractivity contribution in [1.82, 2.24) is 9.80 Å². The maximum absolute atomic E-state index is 10.9. The lowest BCUT2D eigenvalue weighted by Crippen LogP contribution is -2.56. The highest BCUT2D eigenvalue weighted by Gasteiger charge is 2.40. The molecule has 0 amide bonds. The number of carboxylic acids is 1. The van der Waals surface area contributed by atoms with Gasteiger partial charge in [-0.2, -0.15) is 0 Å².